The van der Waals surface area contributed by atoms with Crippen molar-refractivity contribution < 1.29 is 34.4 Å². The van der Waals surface area contributed by atoms with Crippen LogP contribution in [0.4, 0.5) is 0 Å². The quantitative estimate of drug-likeness (QED) is 0.339. The third-order valence-electron chi connectivity index (χ3n) is 5.55. The molecule has 1 saturated heterocycles. The van der Waals surface area contributed by atoms with Crippen LogP contribution in [0.2, 0.25) is 0 Å². The third kappa shape index (κ3) is 3.63. The molecule has 3 N–H and O–H groups in total. The van der Waals surface area contributed by atoms with Crippen LogP contribution in [-0.2, 0) is 19.1 Å². The number of aliphatic hydroxyl groups excluding tert-OH is 3. The summed E-state index contributed by atoms with van der Waals surface area (Å²) in [6, 6.07) is 0. The van der Waals surface area contributed by atoms with Gasteiger partial charge < -0.3 is 24.8 Å². The maximum Gasteiger partial charge on any atom is 0.336 e. The molecule has 0 aromatic carbocycles. The number of ether oxygens (including phenoxy) is 2. The first kappa shape index (κ1) is 21.1. The third-order valence-corrected chi connectivity index (χ3v) is 5.55. The van der Waals surface area contributed by atoms with Gasteiger partial charge in [-0.3, -0.25) is 0 Å². The molecule has 7 heteroatoms. The van der Waals surface area contributed by atoms with Gasteiger partial charge in [-0.15, -0.1) is 6.58 Å². The van der Waals surface area contributed by atoms with Gasteiger partial charge in [-0.05, 0) is 17.4 Å². The second kappa shape index (κ2) is 7.80. The molecular weight excluding hydrogens is 352 g/mol. The molecule has 0 radical (unpaired) electrons. The molecule has 0 unspecified atom stereocenters. The molecule has 0 aromatic heterocycles. The lowest BCUT2D eigenvalue weighted by atomic mass is 9.59. The summed E-state index contributed by atoms with van der Waals surface area (Å²) >= 11 is 0. The van der Waals surface area contributed by atoms with Gasteiger partial charge in [-0.1, -0.05) is 32.7 Å². The predicted molar refractivity (Wildman–Crippen MR) is 97.3 cm³/mol. The highest BCUT2D eigenvalue weighted by Gasteiger charge is 2.58. The van der Waals surface area contributed by atoms with Crippen LogP contribution in [0, 0.1) is 17.3 Å². The van der Waals surface area contributed by atoms with E-state index in [0.29, 0.717) is 5.57 Å². The maximum absolute atomic E-state index is 12.3. The minimum Gasteiger partial charge on any atom is -0.458 e. The standard InChI is InChI=1S/C20H26O7/c1-6-20(5)7-14(26-18(24)11(3)13(23)9-22)15-12(4)19(25)27-17(15)16(20)10(2)8-21/h6,13-17,21-23H,1-4,7-9H2,5H3/t13-,14+,15-,16-,17+,20-/m1/s1. The van der Waals surface area contributed by atoms with Gasteiger partial charge >= 0.3 is 11.9 Å². The summed E-state index contributed by atoms with van der Waals surface area (Å²) < 4.78 is 11.0. The Morgan fingerprint density at radius 2 is 2.07 bits per heavy atom. The molecule has 2 rings (SSSR count). The van der Waals surface area contributed by atoms with E-state index in [-0.39, 0.29) is 24.2 Å². The molecule has 0 spiro atoms. The van der Waals surface area contributed by atoms with Gasteiger partial charge in [-0.25, -0.2) is 9.59 Å². The number of fused-ring (bicyclic) bond motifs is 1. The summed E-state index contributed by atoms with van der Waals surface area (Å²) in [7, 11) is 0. The van der Waals surface area contributed by atoms with Crippen molar-refractivity contribution in [1.29, 1.82) is 0 Å². The Balaban J connectivity index is 2.39. The van der Waals surface area contributed by atoms with Gasteiger partial charge in [0, 0.05) is 11.5 Å². The molecule has 6 atom stereocenters. The molecule has 0 aromatic rings. The fourth-order valence-electron chi connectivity index (χ4n) is 3.96. The number of hydrogen-bond acceptors (Lipinski definition) is 7. The predicted octanol–water partition coefficient (Wildman–Crippen LogP) is 0.666. The maximum atomic E-state index is 12.3. The van der Waals surface area contributed by atoms with E-state index in [2.05, 4.69) is 26.3 Å². The van der Waals surface area contributed by atoms with E-state index in [1.165, 1.54) is 0 Å². The summed E-state index contributed by atoms with van der Waals surface area (Å²) in [4.78, 5) is 24.5. The Morgan fingerprint density at radius 3 is 2.59 bits per heavy atom. The average Bonchev–Trinajstić information content (AvgIpc) is 2.94. The minimum atomic E-state index is -1.44. The molecule has 27 heavy (non-hydrogen) atoms. The highest BCUT2D eigenvalue weighted by molar-refractivity contribution is 5.92. The zero-order chi connectivity index (χ0) is 20.5. The fourth-order valence-corrected chi connectivity index (χ4v) is 3.96. The van der Waals surface area contributed by atoms with E-state index in [4.69, 9.17) is 14.6 Å². The van der Waals surface area contributed by atoms with Crippen molar-refractivity contribution in [3.63, 3.8) is 0 Å². The van der Waals surface area contributed by atoms with Crippen molar-refractivity contribution in [3.05, 3.63) is 49.1 Å². The van der Waals surface area contributed by atoms with Crippen LogP contribution in [-0.4, -0.2) is 58.8 Å². The lowest BCUT2D eigenvalue weighted by Gasteiger charge is -2.48. The molecule has 7 nitrogen and oxygen atoms in total. The zero-order valence-electron chi connectivity index (χ0n) is 15.4. The molecule has 2 aliphatic rings. The first-order valence-electron chi connectivity index (χ1n) is 8.61. The molecule has 2 fully saturated rings. The van der Waals surface area contributed by atoms with Gasteiger partial charge in [0.15, 0.2) is 0 Å². The smallest absolute Gasteiger partial charge is 0.336 e. The van der Waals surface area contributed by atoms with Crippen LogP contribution in [0.25, 0.3) is 0 Å². The molecule has 1 aliphatic carbocycles. The van der Waals surface area contributed by atoms with Gasteiger partial charge in [0.25, 0.3) is 0 Å². The van der Waals surface area contributed by atoms with Gasteiger partial charge in [0.1, 0.15) is 18.3 Å². The lowest BCUT2D eigenvalue weighted by Crippen LogP contribution is -2.52. The van der Waals surface area contributed by atoms with E-state index < -0.39 is 54.1 Å². The van der Waals surface area contributed by atoms with Crippen LogP contribution in [0.3, 0.4) is 0 Å². The molecule has 148 valence electrons. The van der Waals surface area contributed by atoms with E-state index in [1.54, 1.807) is 6.08 Å². The summed E-state index contributed by atoms with van der Waals surface area (Å²) in [6.45, 7) is 15.9. The van der Waals surface area contributed by atoms with Crippen LogP contribution in [0.5, 0.6) is 0 Å². The first-order chi connectivity index (χ1) is 12.6. The number of esters is 2. The summed E-state index contributed by atoms with van der Waals surface area (Å²) in [5, 5.41) is 28.2. The van der Waals surface area contributed by atoms with Gasteiger partial charge in [0.2, 0.25) is 0 Å². The van der Waals surface area contributed by atoms with Crippen LogP contribution in [0.15, 0.2) is 49.1 Å². The number of aliphatic hydroxyl groups is 3. The van der Waals surface area contributed by atoms with Crippen LogP contribution >= 0.6 is 0 Å². The molecule has 0 amide bonds. The highest BCUT2D eigenvalue weighted by atomic mass is 16.6. The van der Waals surface area contributed by atoms with Crippen molar-refractivity contribution in [2.75, 3.05) is 13.2 Å². The highest BCUT2D eigenvalue weighted by Crippen LogP contribution is 2.53. The molecule has 0 bridgehead atoms. The SMILES string of the molecule is C=C[C@]1(C)C[C@H](OC(=O)C(=C)[C@H](O)CO)[C@H]2C(=C)C(=O)O[C@@H]2[C@H]1C(=C)CO. The topological polar surface area (TPSA) is 113 Å². The van der Waals surface area contributed by atoms with Crippen molar-refractivity contribution in [2.24, 2.45) is 17.3 Å². The summed E-state index contributed by atoms with van der Waals surface area (Å²) in [5.74, 6) is -2.51. The normalized spacial score (nSPS) is 33.6. The van der Waals surface area contributed by atoms with E-state index in [1.807, 2.05) is 6.92 Å². The fraction of sp³-hybridized carbons (Fsp3) is 0.500. The van der Waals surface area contributed by atoms with Crippen molar-refractivity contribution in [2.45, 2.75) is 31.7 Å². The number of carbonyl (C=O) groups is 2. The van der Waals surface area contributed by atoms with E-state index in [0.717, 1.165) is 0 Å². The monoisotopic (exact) mass is 378 g/mol. The Morgan fingerprint density at radius 1 is 1.44 bits per heavy atom. The second-order valence-corrected chi connectivity index (χ2v) is 7.30. The first-order valence-corrected chi connectivity index (χ1v) is 8.61. The van der Waals surface area contributed by atoms with Crippen molar-refractivity contribution in [3.8, 4) is 0 Å². The molecule has 1 heterocycles. The molecular formula is C20H26O7. The Bertz CT molecular complexity index is 694. The van der Waals surface area contributed by atoms with Crippen molar-refractivity contribution in [1.82, 2.24) is 0 Å². The number of allylic oxidation sites excluding steroid dienone is 1. The van der Waals surface area contributed by atoms with E-state index >= 15 is 0 Å². The summed E-state index contributed by atoms with van der Waals surface area (Å²) in [6.07, 6.45) is -0.980. The van der Waals surface area contributed by atoms with Gasteiger partial charge in [-0.2, -0.15) is 0 Å². The Labute approximate surface area is 158 Å². The summed E-state index contributed by atoms with van der Waals surface area (Å²) in [5.41, 5.74) is -0.298. The van der Waals surface area contributed by atoms with Crippen molar-refractivity contribution >= 4 is 11.9 Å². The van der Waals surface area contributed by atoms with E-state index in [9.17, 15) is 19.8 Å². The molecule has 1 aliphatic heterocycles. The van der Waals surface area contributed by atoms with Gasteiger partial charge in [0.05, 0.1) is 24.7 Å². The number of rotatable bonds is 7. The molecule has 1 saturated carbocycles. The average molecular weight is 378 g/mol. The van der Waals surface area contributed by atoms with Crippen LogP contribution in [0.1, 0.15) is 13.3 Å². The lowest BCUT2D eigenvalue weighted by molar-refractivity contribution is -0.160. The largest absolute Gasteiger partial charge is 0.458 e. The van der Waals surface area contributed by atoms with Crippen LogP contribution < -0.4 is 0 Å². The number of carbonyl (C=O) groups excluding carboxylic acids is 2. The Kier molecular flexibility index (Phi) is 6.09. The zero-order valence-corrected chi connectivity index (χ0v) is 15.4. The Hall–Kier alpha value is -2.22. The number of hydrogen-bond donors (Lipinski definition) is 3. The minimum absolute atomic E-state index is 0.174. The second-order valence-electron chi connectivity index (χ2n) is 7.30.